The Kier molecular flexibility index (Phi) is 14.4. The van der Waals surface area contributed by atoms with Crippen LogP contribution in [0, 0.1) is 0 Å². The molecule has 18 heavy (non-hydrogen) atoms. The Bertz CT molecular complexity index is 174. The lowest BCUT2D eigenvalue weighted by atomic mass is 10.1. The van der Waals surface area contributed by atoms with Gasteiger partial charge in [-0.1, -0.05) is 51.2 Å². The Hall–Kier alpha value is -0.340. The van der Waals surface area contributed by atoms with Gasteiger partial charge in [0.05, 0.1) is 0 Å². The summed E-state index contributed by atoms with van der Waals surface area (Å²) in [6.07, 6.45) is 17.4. The molecule has 0 N–H and O–H groups in total. The number of methoxy groups -OCH3 is 2. The first-order chi connectivity index (χ1) is 8.85. The highest BCUT2D eigenvalue weighted by molar-refractivity contribution is 4.79. The van der Waals surface area contributed by atoms with Crippen LogP contribution in [0.25, 0.3) is 0 Å². The average Bonchev–Trinajstić information content (AvgIpc) is 2.40. The van der Waals surface area contributed by atoms with E-state index in [1.807, 2.05) is 0 Å². The molecule has 0 fully saturated rings. The summed E-state index contributed by atoms with van der Waals surface area (Å²) in [4.78, 5) is 0. The maximum absolute atomic E-state index is 5.16. The minimum atomic E-state index is -0.00430. The molecule has 0 aliphatic carbocycles. The van der Waals surface area contributed by atoms with Crippen LogP contribution in [0.2, 0.25) is 0 Å². The van der Waals surface area contributed by atoms with Gasteiger partial charge in [0.2, 0.25) is 0 Å². The molecular formula is C16H32O2. The summed E-state index contributed by atoms with van der Waals surface area (Å²) >= 11 is 0. The molecule has 0 bridgehead atoms. The third kappa shape index (κ3) is 12.1. The van der Waals surface area contributed by atoms with E-state index >= 15 is 0 Å². The van der Waals surface area contributed by atoms with Gasteiger partial charge in [-0.05, 0) is 32.1 Å². The second kappa shape index (κ2) is 14.7. The molecule has 0 saturated heterocycles. The van der Waals surface area contributed by atoms with Crippen molar-refractivity contribution in [1.82, 2.24) is 0 Å². The van der Waals surface area contributed by atoms with Crippen LogP contribution in [0.15, 0.2) is 12.2 Å². The maximum atomic E-state index is 5.16. The van der Waals surface area contributed by atoms with E-state index in [2.05, 4.69) is 19.1 Å². The zero-order chi connectivity index (χ0) is 13.5. The van der Waals surface area contributed by atoms with Gasteiger partial charge in [0.15, 0.2) is 6.29 Å². The number of rotatable bonds is 13. The first-order valence-corrected chi connectivity index (χ1v) is 7.55. The number of unbranched alkanes of at least 4 members (excludes halogenated alkanes) is 7. The zero-order valence-electron chi connectivity index (χ0n) is 12.6. The molecule has 2 heteroatoms. The van der Waals surface area contributed by atoms with Crippen LogP contribution in [0.3, 0.4) is 0 Å². The molecule has 2 nitrogen and oxygen atoms in total. The van der Waals surface area contributed by atoms with Crippen molar-refractivity contribution >= 4 is 0 Å². The summed E-state index contributed by atoms with van der Waals surface area (Å²) in [5.41, 5.74) is 0. The zero-order valence-corrected chi connectivity index (χ0v) is 12.6. The Morgan fingerprint density at radius 1 is 0.778 bits per heavy atom. The molecule has 0 radical (unpaired) electrons. The van der Waals surface area contributed by atoms with Crippen LogP contribution in [0.4, 0.5) is 0 Å². The topological polar surface area (TPSA) is 18.5 Å². The molecular weight excluding hydrogens is 224 g/mol. The first-order valence-electron chi connectivity index (χ1n) is 7.55. The summed E-state index contributed by atoms with van der Waals surface area (Å²) in [6.45, 7) is 2.19. The van der Waals surface area contributed by atoms with E-state index in [0.29, 0.717) is 0 Å². The summed E-state index contributed by atoms with van der Waals surface area (Å²) in [6, 6.07) is 0. The molecule has 0 rings (SSSR count). The molecule has 0 heterocycles. The van der Waals surface area contributed by atoms with Crippen molar-refractivity contribution in [3.63, 3.8) is 0 Å². The largest absolute Gasteiger partial charge is 0.356 e. The molecule has 0 aliphatic heterocycles. The fourth-order valence-electron chi connectivity index (χ4n) is 2.07. The normalized spacial score (nSPS) is 11.8. The molecule has 0 saturated carbocycles. The van der Waals surface area contributed by atoms with Gasteiger partial charge in [0.1, 0.15) is 0 Å². The Morgan fingerprint density at radius 3 is 1.89 bits per heavy atom. The quantitative estimate of drug-likeness (QED) is 0.260. The van der Waals surface area contributed by atoms with Gasteiger partial charge in [-0.3, -0.25) is 0 Å². The highest BCUT2D eigenvalue weighted by Crippen LogP contribution is 2.12. The van der Waals surface area contributed by atoms with Crippen molar-refractivity contribution < 1.29 is 9.47 Å². The van der Waals surface area contributed by atoms with Gasteiger partial charge in [-0.2, -0.15) is 0 Å². The number of hydrogen-bond acceptors (Lipinski definition) is 2. The van der Waals surface area contributed by atoms with Gasteiger partial charge in [-0.25, -0.2) is 0 Å². The predicted molar refractivity (Wildman–Crippen MR) is 78.8 cm³/mol. The summed E-state index contributed by atoms with van der Waals surface area (Å²) in [5, 5.41) is 0. The molecule has 108 valence electrons. The van der Waals surface area contributed by atoms with Crippen molar-refractivity contribution in [2.24, 2.45) is 0 Å². The standard InChI is InChI=1S/C16H32O2/c1-4-5-6-7-8-9-10-11-12-13-14-15-16(17-2)18-3/h5-6,16H,4,7-15H2,1-3H3/b6-5-. The van der Waals surface area contributed by atoms with Gasteiger partial charge < -0.3 is 9.47 Å². The molecule has 0 amide bonds. The lowest BCUT2D eigenvalue weighted by Gasteiger charge is -2.12. The van der Waals surface area contributed by atoms with E-state index in [1.54, 1.807) is 14.2 Å². The number of hydrogen-bond donors (Lipinski definition) is 0. The van der Waals surface area contributed by atoms with Crippen molar-refractivity contribution in [2.75, 3.05) is 14.2 Å². The highest BCUT2D eigenvalue weighted by atomic mass is 16.7. The summed E-state index contributed by atoms with van der Waals surface area (Å²) in [5.74, 6) is 0. The third-order valence-electron chi connectivity index (χ3n) is 3.24. The molecule has 0 aromatic rings. The van der Waals surface area contributed by atoms with Crippen LogP contribution in [-0.2, 0) is 9.47 Å². The Balaban J connectivity index is 3.09. The highest BCUT2D eigenvalue weighted by Gasteiger charge is 2.03. The van der Waals surface area contributed by atoms with Crippen LogP contribution in [0.1, 0.15) is 71.1 Å². The van der Waals surface area contributed by atoms with Crippen molar-refractivity contribution in [3.05, 3.63) is 12.2 Å². The monoisotopic (exact) mass is 256 g/mol. The third-order valence-corrected chi connectivity index (χ3v) is 3.24. The fourth-order valence-corrected chi connectivity index (χ4v) is 2.07. The minimum absolute atomic E-state index is 0.00430. The average molecular weight is 256 g/mol. The van der Waals surface area contributed by atoms with E-state index in [0.717, 1.165) is 6.42 Å². The van der Waals surface area contributed by atoms with E-state index in [-0.39, 0.29) is 6.29 Å². The number of ether oxygens (including phenoxy) is 2. The lowest BCUT2D eigenvalue weighted by Crippen LogP contribution is -2.12. The predicted octanol–water partition coefficient (Wildman–Crippen LogP) is 5.08. The maximum Gasteiger partial charge on any atom is 0.156 e. The molecule has 0 spiro atoms. The van der Waals surface area contributed by atoms with Crippen LogP contribution < -0.4 is 0 Å². The van der Waals surface area contributed by atoms with E-state index in [9.17, 15) is 0 Å². The second-order valence-corrected chi connectivity index (χ2v) is 4.83. The van der Waals surface area contributed by atoms with Gasteiger partial charge in [0, 0.05) is 14.2 Å². The Morgan fingerprint density at radius 2 is 1.33 bits per heavy atom. The fraction of sp³-hybridized carbons (Fsp3) is 0.875. The Labute approximate surface area is 114 Å². The molecule has 0 aromatic carbocycles. The van der Waals surface area contributed by atoms with Crippen LogP contribution in [0.5, 0.6) is 0 Å². The van der Waals surface area contributed by atoms with Gasteiger partial charge in [-0.15, -0.1) is 0 Å². The van der Waals surface area contributed by atoms with Crippen LogP contribution >= 0.6 is 0 Å². The lowest BCUT2D eigenvalue weighted by molar-refractivity contribution is -0.107. The van der Waals surface area contributed by atoms with E-state index in [4.69, 9.17) is 9.47 Å². The molecule has 0 aliphatic rings. The molecule has 0 atom stereocenters. The van der Waals surface area contributed by atoms with E-state index < -0.39 is 0 Å². The second-order valence-electron chi connectivity index (χ2n) is 4.83. The van der Waals surface area contributed by atoms with Crippen LogP contribution in [-0.4, -0.2) is 20.5 Å². The van der Waals surface area contributed by atoms with Crippen molar-refractivity contribution in [1.29, 1.82) is 0 Å². The smallest absolute Gasteiger partial charge is 0.156 e. The minimum Gasteiger partial charge on any atom is -0.356 e. The summed E-state index contributed by atoms with van der Waals surface area (Å²) < 4.78 is 10.3. The van der Waals surface area contributed by atoms with E-state index in [1.165, 1.54) is 57.8 Å². The first kappa shape index (κ1) is 17.7. The SMILES string of the molecule is CC/C=C\CCCCCCCCCC(OC)OC. The van der Waals surface area contributed by atoms with Gasteiger partial charge in [0.25, 0.3) is 0 Å². The number of allylic oxidation sites excluding steroid dienone is 2. The molecule has 0 unspecified atom stereocenters. The van der Waals surface area contributed by atoms with Crippen molar-refractivity contribution in [3.8, 4) is 0 Å². The van der Waals surface area contributed by atoms with Crippen molar-refractivity contribution in [2.45, 2.75) is 77.4 Å². The van der Waals surface area contributed by atoms with Gasteiger partial charge >= 0.3 is 0 Å². The molecule has 0 aromatic heterocycles. The summed E-state index contributed by atoms with van der Waals surface area (Å²) in [7, 11) is 3.42.